The second-order valence-electron chi connectivity index (χ2n) is 7.10. The predicted octanol–water partition coefficient (Wildman–Crippen LogP) is 2.52. The van der Waals surface area contributed by atoms with Crippen molar-refractivity contribution in [3.8, 4) is 5.88 Å². The maximum absolute atomic E-state index is 12.6. The first-order valence-corrected chi connectivity index (χ1v) is 9.51. The van der Waals surface area contributed by atoms with Gasteiger partial charge in [-0.05, 0) is 45.9 Å². The minimum Gasteiger partial charge on any atom is -0.480 e. The Morgan fingerprint density at radius 2 is 1.73 bits per heavy atom. The Kier molecular flexibility index (Phi) is 5.10. The van der Waals surface area contributed by atoms with Crippen LogP contribution in [0.3, 0.4) is 0 Å². The second-order valence-corrected chi connectivity index (χ2v) is 8.31. The van der Waals surface area contributed by atoms with Crippen molar-refractivity contribution in [3.63, 3.8) is 0 Å². The highest BCUT2D eigenvalue weighted by atomic mass is 32.2. The highest BCUT2D eigenvalue weighted by molar-refractivity contribution is 7.86. The molecular weight excluding hydrogens is 351 g/mol. The highest BCUT2D eigenvalue weighted by Crippen LogP contribution is 2.36. The van der Waals surface area contributed by atoms with Crippen LogP contribution in [0.4, 0.5) is 5.69 Å². The number of nitrogens with zero attached hydrogens (tertiary/aromatic N) is 1. The number of rotatable bonds is 5. The van der Waals surface area contributed by atoms with Crippen LogP contribution in [-0.2, 0) is 20.3 Å². The number of hydrogen-bond donors (Lipinski definition) is 1. The summed E-state index contributed by atoms with van der Waals surface area (Å²) >= 11 is 0. The molecule has 2 heterocycles. The van der Waals surface area contributed by atoms with E-state index < -0.39 is 29.3 Å². The molecule has 0 saturated carbocycles. The number of anilines is 1. The smallest absolute Gasteiger partial charge is 0.480 e. The summed E-state index contributed by atoms with van der Waals surface area (Å²) in [4.78, 5) is 4.97. The summed E-state index contributed by atoms with van der Waals surface area (Å²) < 4.78 is 32.9. The zero-order valence-corrected chi connectivity index (χ0v) is 16.4. The van der Waals surface area contributed by atoms with E-state index >= 15 is 0 Å². The van der Waals surface area contributed by atoms with Crippen molar-refractivity contribution < 1.29 is 18.3 Å². The molecule has 138 valence electrons. The molecule has 6 nitrogen and oxygen atoms in total. The summed E-state index contributed by atoms with van der Waals surface area (Å²) in [5, 5.41) is 0. The third-order valence-corrected chi connectivity index (χ3v) is 5.86. The van der Waals surface area contributed by atoms with Crippen LogP contribution in [0.2, 0.25) is 0 Å². The van der Waals surface area contributed by atoms with Crippen molar-refractivity contribution in [2.45, 2.75) is 43.8 Å². The van der Waals surface area contributed by atoms with Crippen molar-refractivity contribution in [3.05, 3.63) is 42.6 Å². The van der Waals surface area contributed by atoms with E-state index in [2.05, 4.69) is 9.71 Å². The minimum absolute atomic E-state index is 0.356. The lowest BCUT2D eigenvalue weighted by atomic mass is 9.80. The molecule has 2 aromatic rings. The molecule has 0 spiro atoms. The lowest BCUT2D eigenvalue weighted by molar-refractivity contribution is 0.00578. The Labute approximate surface area is 157 Å². The van der Waals surface area contributed by atoms with Gasteiger partial charge in [0.05, 0.1) is 23.2 Å². The Morgan fingerprint density at radius 3 is 2.31 bits per heavy atom. The van der Waals surface area contributed by atoms with Gasteiger partial charge in [0.2, 0.25) is 5.88 Å². The fourth-order valence-corrected chi connectivity index (χ4v) is 3.38. The maximum atomic E-state index is 12.6. The van der Waals surface area contributed by atoms with Gasteiger partial charge in [-0.3, -0.25) is 4.72 Å². The molecule has 1 N–H and O–H groups in total. The van der Waals surface area contributed by atoms with Crippen LogP contribution in [0.25, 0.3) is 0 Å². The number of ether oxygens (including phenoxy) is 1. The number of benzene rings is 1. The van der Waals surface area contributed by atoms with E-state index in [4.69, 9.17) is 14.0 Å². The average molecular weight is 374 g/mol. The Bertz CT molecular complexity index is 798. The van der Waals surface area contributed by atoms with Crippen LogP contribution in [-0.4, -0.2) is 34.6 Å². The summed E-state index contributed by atoms with van der Waals surface area (Å²) in [5.41, 5.74) is 0.356. The highest BCUT2D eigenvalue weighted by Gasteiger charge is 2.51. The molecule has 1 aliphatic rings. The molecule has 1 aromatic carbocycles. The predicted molar refractivity (Wildman–Crippen MR) is 103 cm³/mol. The molecule has 1 saturated heterocycles. The van der Waals surface area contributed by atoms with Gasteiger partial charge in [0.25, 0.3) is 0 Å². The molecule has 1 aromatic heterocycles. The van der Waals surface area contributed by atoms with Crippen molar-refractivity contribution in [2.75, 3.05) is 11.8 Å². The summed E-state index contributed by atoms with van der Waals surface area (Å²) in [6.07, 6.45) is 1.65. The topological polar surface area (TPSA) is 69.7 Å². The average Bonchev–Trinajstić information content (AvgIpc) is 2.83. The number of aromatic nitrogens is 1. The minimum atomic E-state index is -1.44. The molecule has 1 fully saturated rings. The molecule has 0 radical (unpaired) electrons. The largest absolute Gasteiger partial charge is 0.496 e. The van der Waals surface area contributed by atoms with Crippen LogP contribution in [0, 0.1) is 0 Å². The molecule has 1 aliphatic heterocycles. The molecule has 1 atom stereocenters. The summed E-state index contributed by atoms with van der Waals surface area (Å²) in [7, 11) is -0.469. The van der Waals surface area contributed by atoms with Gasteiger partial charge in [0.15, 0.2) is 0 Å². The quantitative estimate of drug-likeness (QED) is 0.815. The van der Waals surface area contributed by atoms with Crippen LogP contribution < -0.4 is 14.9 Å². The SMILES string of the molecule is COc1ncc(B2OC(C)(C)C(C)(C)O2)cc1NS(=O)c1ccccc1. The fourth-order valence-electron chi connectivity index (χ4n) is 2.52. The van der Waals surface area contributed by atoms with Crippen LogP contribution in [0.5, 0.6) is 5.88 Å². The number of pyridine rings is 1. The number of methoxy groups -OCH3 is 1. The molecule has 3 rings (SSSR count). The van der Waals surface area contributed by atoms with Gasteiger partial charge in [0.1, 0.15) is 16.7 Å². The van der Waals surface area contributed by atoms with Crippen molar-refractivity contribution in [1.82, 2.24) is 4.98 Å². The first-order valence-electron chi connectivity index (χ1n) is 8.36. The molecule has 0 amide bonds. The van der Waals surface area contributed by atoms with E-state index in [9.17, 15) is 4.21 Å². The van der Waals surface area contributed by atoms with Crippen molar-refractivity contribution >= 4 is 29.3 Å². The van der Waals surface area contributed by atoms with Gasteiger partial charge in [-0.2, -0.15) is 0 Å². The first-order chi connectivity index (χ1) is 12.2. The fraction of sp³-hybridized carbons (Fsp3) is 0.389. The van der Waals surface area contributed by atoms with Gasteiger partial charge in [-0.15, -0.1) is 0 Å². The van der Waals surface area contributed by atoms with Gasteiger partial charge in [-0.1, -0.05) is 18.2 Å². The van der Waals surface area contributed by atoms with Gasteiger partial charge < -0.3 is 14.0 Å². The lowest BCUT2D eigenvalue weighted by Gasteiger charge is -2.32. The lowest BCUT2D eigenvalue weighted by Crippen LogP contribution is -2.41. The second kappa shape index (κ2) is 7.02. The molecule has 0 bridgehead atoms. The van der Waals surface area contributed by atoms with E-state index in [0.29, 0.717) is 16.5 Å². The van der Waals surface area contributed by atoms with E-state index in [-0.39, 0.29) is 0 Å². The molecule has 26 heavy (non-hydrogen) atoms. The molecular formula is C18H23BN2O4S. The van der Waals surface area contributed by atoms with E-state index in [1.54, 1.807) is 24.4 Å². The number of hydrogen-bond acceptors (Lipinski definition) is 5. The standard InChI is InChI=1S/C18H23BN2O4S/c1-17(2)18(3,4)25-19(24-17)13-11-15(16(23-5)20-12-13)21-26(22)14-9-7-6-8-10-14/h6-12,21H,1-5H3. The van der Waals surface area contributed by atoms with Gasteiger partial charge in [0, 0.05) is 11.7 Å². The molecule has 1 unspecified atom stereocenters. The van der Waals surface area contributed by atoms with Gasteiger partial charge >= 0.3 is 7.12 Å². The zero-order chi connectivity index (χ0) is 18.9. The maximum Gasteiger partial charge on any atom is 0.496 e. The van der Waals surface area contributed by atoms with Gasteiger partial charge in [-0.25, -0.2) is 9.19 Å². The monoisotopic (exact) mass is 374 g/mol. The first kappa shape index (κ1) is 18.9. The third-order valence-electron chi connectivity index (χ3n) is 4.75. The van der Waals surface area contributed by atoms with Crippen LogP contribution >= 0.6 is 0 Å². The third kappa shape index (κ3) is 3.63. The Hall–Kier alpha value is -1.90. The van der Waals surface area contributed by atoms with Crippen LogP contribution in [0.15, 0.2) is 47.5 Å². The van der Waals surface area contributed by atoms with Crippen LogP contribution in [0.1, 0.15) is 27.7 Å². The van der Waals surface area contributed by atoms with E-state index in [0.717, 1.165) is 5.46 Å². The normalized spacial score (nSPS) is 19.2. The summed E-state index contributed by atoms with van der Waals surface area (Å²) in [5.74, 6) is 0.356. The summed E-state index contributed by atoms with van der Waals surface area (Å²) in [6, 6.07) is 10.9. The van der Waals surface area contributed by atoms with Crippen molar-refractivity contribution in [1.29, 1.82) is 0 Å². The molecule has 0 aliphatic carbocycles. The number of nitrogens with one attached hydrogen (secondary N) is 1. The van der Waals surface area contributed by atoms with E-state index in [1.165, 1.54) is 7.11 Å². The van der Waals surface area contributed by atoms with E-state index in [1.807, 2.05) is 45.9 Å². The zero-order valence-electron chi connectivity index (χ0n) is 15.6. The Balaban J connectivity index is 1.87. The van der Waals surface area contributed by atoms with Crippen molar-refractivity contribution in [2.24, 2.45) is 0 Å². The Morgan fingerprint density at radius 1 is 1.12 bits per heavy atom. The summed E-state index contributed by atoms with van der Waals surface area (Å²) in [6.45, 7) is 7.97. The molecule has 8 heteroatoms.